The maximum absolute atomic E-state index is 11.8. The number of benzene rings is 7. The summed E-state index contributed by atoms with van der Waals surface area (Å²) in [6, 6.07) is 58.1. The number of aryl methyl sites for hydroxylation is 3. The fraction of sp³-hybridized carbons (Fsp3) is 0.127. The number of imidazole rings is 1. The van der Waals surface area contributed by atoms with E-state index in [-0.39, 0.29) is 5.75 Å². The van der Waals surface area contributed by atoms with Gasteiger partial charge in [0.15, 0.2) is 0 Å². The van der Waals surface area contributed by atoms with Gasteiger partial charge in [0.05, 0.1) is 28.0 Å². The second kappa shape index (κ2) is 15.7. The van der Waals surface area contributed by atoms with Crippen molar-refractivity contribution in [3.05, 3.63) is 192 Å². The van der Waals surface area contributed by atoms with Gasteiger partial charge in [0.25, 0.3) is 0 Å². The number of rotatable bonds is 9. The maximum Gasteiger partial charge on any atom is 0.149 e. The Hall–Kier alpha value is -7.04. The van der Waals surface area contributed by atoms with Gasteiger partial charge < -0.3 is 5.11 Å². The van der Waals surface area contributed by atoms with E-state index in [1.165, 1.54) is 11.1 Å². The van der Waals surface area contributed by atoms with E-state index in [0.29, 0.717) is 17.3 Å². The number of hydrogen-bond acceptors (Lipinski definition) is 3. The summed E-state index contributed by atoms with van der Waals surface area (Å²) < 4.78 is 2.25. The molecule has 0 bridgehead atoms. The van der Waals surface area contributed by atoms with E-state index in [1.54, 1.807) is 0 Å². The first-order valence-electron chi connectivity index (χ1n) is 20.5. The number of nitrogens with zero attached hydrogens (tertiary/aromatic N) is 3. The summed E-state index contributed by atoms with van der Waals surface area (Å²) in [6.45, 7) is 10.7. The Labute approximate surface area is 347 Å². The van der Waals surface area contributed by atoms with Crippen molar-refractivity contribution < 1.29 is 5.11 Å². The molecule has 59 heavy (non-hydrogen) atoms. The average Bonchev–Trinajstić information content (AvgIpc) is 3.65. The number of aromatic nitrogens is 3. The van der Waals surface area contributed by atoms with E-state index in [1.807, 2.05) is 19.2 Å². The molecule has 4 nitrogen and oxygen atoms in total. The molecule has 0 saturated heterocycles. The van der Waals surface area contributed by atoms with Gasteiger partial charge in [-0.25, -0.2) is 4.98 Å². The number of aromatic hydroxyl groups is 1. The third-order valence-corrected chi connectivity index (χ3v) is 11.2. The summed E-state index contributed by atoms with van der Waals surface area (Å²) in [6.07, 6.45) is 2.88. The number of phenolic OH excluding ortho intramolecular Hbond substituents is 1. The Morgan fingerprint density at radius 3 is 1.97 bits per heavy atom. The van der Waals surface area contributed by atoms with E-state index in [4.69, 9.17) is 9.97 Å². The molecule has 1 N–H and O–H groups in total. The van der Waals surface area contributed by atoms with Crippen molar-refractivity contribution in [3.8, 4) is 78.6 Å². The van der Waals surface area contributed by atoms with E-state index in [0.717, 1.165) is 90.0 Å². The molecule has 0 aliphatic carbocycles. The van der Waals surface area contributed by atoms with Gasteiger partial charge in [-0.2, -0.15) is 0 Å². The van der Waals surface area contributed by atoms with Crippen LogP contribution in [0.15, 0.2) is 170 Å². The highest BCUT2D eigenvalue weighted by Crippen LogP contribution is 2.43. The topological polar surface area (TPSA) is 50.9 Å². The molecule has 2 aromatic heterocycles. The predicted molar refractivity (Wildman–Crippen MR) is 246 cm³/mol. The van der Waals surface area contributed by atoms with Crippen LogP contribution in [0, 0.1) is 26.7 Å². The zero-order chi connectivity index (χ0) is 40.6. The lowest BCUT2D eigenvalue weighted by Crippen LogP contribution is -2.03. The van der Waals surface area contributed by atoms with Crippen molar-refractivity contribution in [3.63, 3.8) is 0 Å². The first-order valence-corrected chi connectivity index (χ1v) is 20.5. The third kappa shape index (κ3) is 7.46. The normalized spacial score (nSPS) is 11.4. The van der Waals surface area contributed by atoms with Crippen LogP contribution in [0.5, 0.6) is 5.75 Å². The molecule has 4 heteroatoms. The number of fused-ring (bicyclic) bond motifs is 1. The van der Waals surface area contributed by atoms with Gasteiger partial charge >= 0.3 is 0 Å². The number of phenols is 1. The van der Waals surface area contributed by atoms with Crippen molar-refractivity contribution in [2.45, 2.75) is 41.0 Å². The van der Waals surface area contributed by atoms with Crippen LogP contribution >= 0.6 is 0 Å². The first-order chi connectivity index (χ1) is 28.7. The van der Waals surface area contributed by atoms with Crippen LogP contribution in [-0.4, -0.2) is 19.6 Å². The lowest BCUT2D eigenvalue weighted by molar-refractivity contribution is 0.472. The molecule has 0 unspecified atom stereocenters. The number of pyridine rings is 1. The fourth-order valence-electron chi connectivity index (χ4n) is 8.35. The van der Waals surface area contributed by atoms with Crippen LogP contribution in [0.2, 0.25) is 0 Å². The summed E-state index contributed by atoms with van der Waals surface area (Å²) in [5, 5.41) is 11.8. The van der Waals surface area contributed by atoms with Gasteiger partial charge in [-0.05, 0) is 138 Å². The van der Waals surface area contributed by atoms with E-state index >= 15 is 0 Å². The second-order valence-electron chi connectivity index (χ2n) is 16.2. The van der Waals surface area contributed by atoms with Gasteiger partial charge in [-0.3, -0.25) is 9.55 Å². The van der Waals surface area contributed by atoms with Crippen LogP contribution in [0.3, 0.4) is 0 Å². The Bertz CT molecular complexity index is 2960. The van der Waals surface area contributed by atoms with Crippen LogP contribution < -0.4 is 0 Å². The minimum Gasteiger partial charge on any atom is -0.507 e. The van der Waals surface area contributed by atoms with E-state index < -0.39 is 0 Å². The molecule has 2 heterocycles. The second-order valence-corrected chi connectivity index (χ2v) is 16.2. The van der Waals surface area contributed by atoms with Gasteiger partial charge in [0.1, 0.15) is 11.6 Å². The fourth-order valence-corrected chi connectivity index (χ4v) is 8.35. The van der Waals surface area contributed by atoms with Crippen molar-refractivity contribution in [2.24, 2.45) is 5.92 Å². The molecule has 0 amide bonds. The number of para-hydroxylation sites is 1. The minimum absolute atomic E-state index is 0.235. The molecule has 0 aliphatic heterocycles. The standard InChI is InChI=1S/C55H47N3O/c1-35(2)27-39-21-24-51(48(30-39)42-15-10-7-11-16-42)58-52-18-12-17-47(53(52)57-55(58)49-29-37(4)28-38(5)54(49)59)45-31-44(40-13-8-6-9-14-40)32-46(33-45)50-34-43(25-26-56-50)41-22-19-36(3)20-23-41/h6-26,28-35,59H,27H2,1-5H3. The zero-order valence-corrected chi connectivity index (χ0v) is 34.2. The minimum atomic E-state index is 0.235. The third-order valence-electron chi connectivity index (χ3n) is 11.2. The SMILES string of the molecule is Cc1ccc(-c2ccnc(-c3cc(-c4ccccc4)cc(-c4cccc5c4nc(-c4cc(C)cc(C)c4O)n5-c4ccc(CC(C)C)cc4-c4ccccc4)c3)c2)cc1. The molecule has 7 aromatic carbocycles. The average molecular weight is 766 g/mol. The van der Waals surface area contributed by atoms with Crippen molar-refractivity contribution in [2.75, 3.05) is 0 Å². The molecule has 9 aromatic rings. The van der Waals surface area contributed by atoms with E-state index in [2.05, 4.69) is 190 Å². The van der Waals surface area contributed by atoms with Crippen LogP contribution in [0.25, 0.3) is 83.9 Å². The van der Waals surface area contributed by atoms with Gasteiger partial charge in [-0.15, -0.1) is 0 Å². The Kier molecular flexibility index (Phi) is 10.00. The Balaban J connectivity index is 1.31. The highest BCUT2D eigenvalue weighted by atomic mass is 16.3. The van der Waals surface area contributed by atoms with Gasteiger partial charge in [0, 0.05) is 22.9 Å². The summed E-state index contributed by atoms with van der Waals surface area (Å²) >= 11 is 0. The smallest absolute Gasteiger partial charge is 0.149 e. The zero-order valence-electron chi connectivity index (χ0n) is 34.2. The van der Waals surface area contributed by atoms with Crippen LogP contribution in [0.1, 0.15) is 36.1 Å². The summed E-state index contributed by atoms with van der Waals surface area (Å²) in [4.78, 5) is 10.5. The van der Waals surface area contributed by atoms with Crippen LogP contribution in [-0.2, 0) is 6.42 Å². The maximum atomic E-state index is 11.8. The van der Waals surface area contributed by atoms with Crippen LogP contribution in [0.4, 0.5) is 0 Å². The summed E-state index contributed by atoms with van der Waals surface area (Å²) in [5.41, 5.74) is 18.6. The molecule has 288 valence electrons. The number of hydrogen-bond donors (Lipinski definition) is 1. The highest BCUT2D eigenvalue weighted by Gasteiger charge is 2.23. The molecule has 0 atom stereocenters. The quantitative estimate of drug-likeness (QED) is 0.159. The predicted octanol–water partition coefficient (Wildman–Crippen LogP) is 14.3. The lowest BCUT2D eigenvalue weighted by Gasteiger charge is -2.18. The molecule has 0 radical (unpaired) electrons. The molecule has 0 fully saturated rings. The molecule has 0 saturated carbocycles. The van der Waals surface area contributed by atoms with E-state index in [9.17, 15) is 5.11 Å². The highest BCUT2D eigenvalue weighted by molar-refractivity contribution is 5.98. The molecule has 0 aliphatic rings. The monoisotopic (exact) mass is 765 g/mol. The first kappa shape index (κ1) is 37.5. The van der Waals surface area contributed by atoms with Crippen molar-refractivity contribution >= 4 is 11.0 Å². The van der Waals surface area contributed by atoms with Crippen molar-refractivity contribution in [1.82, 2.24) is 14.5 Å². The van der Waals surface area contributed by atoms with Gasteiger partial charge in [-0.1, -0.05) is 129 Å². The molecule has 0 spiro atoms. The summed E-state index contributed by atoms with van der Waals surface area (Å²) in [7, 11) is 0. The molecule has 9 rings (SSSR count). The van der Waals surface area contributed by atoms with Crippen molar-refractivity contribution in [1.29, 1.82) is 0 Å². The lowest BCUT2D eigenvalue weighted by atomic mass is 9.93. The van der Waals surface area contributed by atoms with Gasteiger partial charge in [0.2, 0.25) is 0 Å². The molecular formula is C55H47N3O. The largest absolute Gasteiger partial charge is 0.507 e. The summed E-state index contributed by atoms with van der Waals surface area (Å²) in [5.74, 6) is 1.44. The molecular weight excluding hydrogens is 719 g/mol. The Morgan fingerprint density at radius 1 is 0.525 bits per heavy atom. The Morgan fingerprint density at radius 2 is 1.22 bits per heavy atom.